The third kappa shape index (κ3) is 8.31. The number of nitrogens with one attached hydrogen (secondary N) is 5. The van der Waals surface area contributed by atoms with Crippen LogP contribution in [0, 0.1) is 0 Å². The van der Waals surface area contributed by atoms with Gasteiger partial charge < -0.3 is 30.7 Å². The van der Waals surface area contributed by atoms with Crippen molar-refractivity contribution in [3.8, 4) is 0 Å². The summed E-state index contributed by atoms with van der Waals surface area (Å²) < 4.78 is 5.48. The Balaban J connectivity index is 1.28. The van der Waals surface area contributed by atoms with Gasteiger partial charge in [-0.1, -0.05) is 86.5 Å². The number of aromatic nitrogens is 2. The topological polar surface area (TPSA) is 148 Å². The third-order valence-corrected chi connectivity index (χ3v) is 9.50. The van der Waals surface area contributed by atoms with Crippen molar-refractivity contribution in [2.75, 3.05) is 6.61 Å². The summed E-state index contributed by atoms with van der Waals surface area (Å²) in [7, 11) is 0. The molecular formula is C40H45N5O5. The van der Waals surface area contributed by atoms with E-state index in [1.165, 1.54) is 0 Å². The highest BCUT2D eigenvalue weighted by Gasteiger charge is 2.50. The standard InChI is InChI=1S/C40H45N5O5/c1-3-4-6-19-36(46)43-34(21-27-23-41-31-17-11-9-15-29(27)31)38(48)45-35(22-28-24-42-32-18-12-10-16-30(28)32)39(49)44-33(37(47)40(2)25-50-40)20-26-13-7-5-8-14-26/h5,7-18,23-24,33-35,41-42H,3-4,6,19-22,25H2,1-2H3,(H,43,46)(H,44,49)(H,45,48)/t33?,34?,35?,40-/m1/s1. The Hall–Kier alpha value is -5.22. The minimum atomic E-state index is -1.05. The minimum Gasteiger partial charge on any atom is -0.361 e. The van der Waals surface area contributed by atoms with E-state index in [-0.39, 0.29) is 37.6 Å². The van der Waals surface area contributed by atoms with Crippen LogP contribution >= 0.6 is 0 Å². The highest BCUT2D eigenvalue weighted by Crippen LogP contribution is 2.29. The molecule has 260 valence electrons. The van der Waals surface area contributed by atoms with Crippen molar-refractivity contribution >= 4 is 45.3 Å². The number of para-hydroxylation sites is 2. The number of carbonyl (C=O) groups is 4. The Bertz CT molecular complexity index is 1960. The number of carbonyl (C=O) groups excluding carboxylic acids is 4. The van der Waals surface area contributed by atoms with Crippen LogP contribution in [0.4, 0.5) is 0 Å². The SMILES string of the molecule is CCCCCC(=O)NC(Cc1c[nH]c2ccccc12)C(=O)NC(Cc1c[nH]c2ccccc12)C(=O)NC(Cc1ccccc1)C(=O)[C@@]1(C)CO1. The van der Waals surface area contributed by atoms with Crippen LogP contribution in [0.1, 0.15) is 56.2 Å². The van der Waals surface area contributed by atoms with Gasteiger partial charge in [-0.3, -0.25) is 19.2 Å². The Morgan fingerprint density at radius 1 is 0.700 bits per heavy atom. The van der Waals surface area contributed by atoms with Gasteiger partial charge in [0.15, 0.2) is 5.78 Å². The van der Waals surface area contributed by atoms with E-state index >= 15 is 0 Å². The Labute approximate surface area is 291 Å². The molecule has 3 amide bonds. The fraction of sp³-hybridized carbons (Fsp3) is 0.350. The minimum absolute atomic E-state index is 0.159. The van der Waals surface area contributed by atoms with E-state index in [2.05, 4.69) is 32.8 Å². The number of epoxide rings is 1. The zero-order valence-corrected chi connectivity index (χ0v) is 28.6. The molecule has 1 aliphatic rings. The summed E-state index contributed by atoms with van der Waals surface area (Å²) in [6, 6.07) is 22.2. The van der Waals surface area contributed by atoms with Gasteiger partial charge in [0.1, 0.15) is 17.7 Å². The number of amides is 3. The highest BCUT2D eigenvalue weighted by molar-refractivity contribution is 5.99. The van der Waals surface area contributed by atoms with E-state index in [9.17, 15) is 19.2 Å². The lowest BCUT2D eigenvalue weighted by atomic mass is 9.94. The van der Waals surface area contributed by atoms with Gasteiger partial charge in [0.05, 0.1) is 12.6 Å². The molecule has 0 bridgehead atoms. The van der Waals surface area contributed by atoms with Gasteiger partial charge in [0.2, 0.25) is 17.7 Å². The van der Waals surface area contributed by atoms with Gasteiger partial charge in [0.25, 0.3) is 0 Å². The molecule has 10 heteroatoms. The first-order valence-corrected chi connectivity index (χ1v) is 17.5. The van der Waals surface area contributed by atoms with Crippen LogP contribution in [0.3, 0.4) is 0 Å². The Morgan fingerprint density at radius 2 is 1.22 bits per heavy atom. The van der Waals surface area contributed by atoms with Crippen LogP contribution in [0.15, 0.2) is 91.3 Å². The number of ketones is 1. The number of hydrogen-bond donors (Lipinski definition) is 5. The number of H-pyrrole nitrogens is 2. The average molecular weight is 676 g/mol. The van der Waals surface area contributed by atoms with Crippen LogP contribution in [0.25, 0.3) is 21.8 Å². The normalized spacial score (nSPS) is 17.2. The summed E-state index contributed by atoms with van der Waals surface area (Å²) in [6.07, 6.45) is 7.24. The summed E-state index contributed by atoms with van der Waals surface area (Å²) >= 11 is 0. The average Bonchev–Trinajstić information content (AvgIpc) is 3.55. The first kappa shape index (κ1) is 34.6. The van der Waals surface area contributed by atoms with Crippen LogP contribution in [-0.2, 0) is 43.2 Å². The van der Waals surface area contributed by atoms with Crippen molar-refractivity contribution in [1.82, 2.24) is 25.9 Å². The van der Waals surface area contributed by atoms with Crippen molar-refractivity contribution in [3.05, 3.63) is 108 Å². The van der Waals surface area contributed by atoms with Gasteiger partial charge in [-0.15, -0.1) is 0 Å². The van der Waals surface area contributed by atoms with Crippen LogP contribution in [0.2, 0.25) is 0 Å². The smallest absolute Gasteiger partial charge is 0.243 e. The lowest BCUT2D eigenvalue weighted by Crippen LogP contribution is -2.58. The fourth-order valence-corrected chi connectivity index (χ4v) is 6.48. The zero-order valence-electron chi connectivity index (χ0n) is 28.6. The molecule has 2 aromatic heterocycles. The molecule has 50 heavy (non-hydrogen) atoms. The maximum Gasteiger partial charge on any atom is 0.243 e. The maximum absolute atomic E-state index is 14.3. The fourth-order valence-electron chi connectivity index (χ4n) is 6.48. The van der Waals surface area contributed by atoms with Gasteiger partial charge in [-0.2, -0.15) is 0 Å². The highest BCUT2D eigenvalue weighted by atomic mass is 16.6. The molecule has 0 radical (unpaired) electrons. The van der Waals surface area contributed by atoms with Gasteiger partial charge >= 0.3 is 0 Å². The first-order valence-electron chi connectivity index (χ1n) is 17.5. The predicted octanol–water partition coefficient (Wildman–Crippen LogP) is 5.07. The summed E-state index contributed by atoms with van der Waals surface area (Å²) in [6.45, 7) is 4.08. The van der Waals surface area contributed by atoms with Crippen molar-refractivity contribution in [3.63, 3.8) is 0 Å². The number of fused-ring (bicyclic) bond motifs is 2. The number of benzene rings is 3. The monoisotopic (exact) mass is 675 g/mol. The molecule has 0 aliphatic carbocycles. The molecule has 5 aromatic rings. The van der Waals surface area contributed by atoms with Crippen molar-refractivity contribution in [1.29, 1.82) is 0 Å². The molecule has 0 saturated carbocycles. The predicted molar refractivity (Wildman–Crippen MR) is 193 cm³/mol. The molecule has 0 spiro atoms. The van der Waals surface area contributed by atoms with E-state index in [4.69, 9.17) is 4.74 Å². The van der Waals surface area contributed by atoms with E-state index < -0.39 is 35.5 Å². The lowest BCUT2D eigenvalue weighted by molar-refractivity contribution is -0.134. The molecule has 10 nitrogen and oxygen atoms in total. The summed E-state index contributed by atoms with van der Waals surface area (Å²) in [4.78, 5) is 61.8. The second-order valence-electron chi connectivity index (χ2n) is 13.4. The molecule has 1 saturated heterocycles. The van der Waals surface area contributed by atoms with E-state index in [0.29, 0.717) is 6.42 Å². The van der Waals surface area contributed by atoms with E-state index in [1.807, 2.05) is 91.3 Å². The molecular weight excluding hydrogens is 630 g/mol. The summed E-state index contributed by atoms with van der Waals surface area (Å²) in [5.41, 5.74) is 3.46. The van der Waals surface area contributed by atoms with Crippen molar-refractivity contribution in [2.45, 2.75) is 82.5 Å². The van der Waals surface area contributed by atoms with E-state index in [0.717, 1.165) is 57.8 Å². The van der Waals surface area contributed by atoms with Crippen molar-refractivity contribution < 1.29 is 23.9 Å². The van der Waals surface area contributed by atoms with Crippen LogP contribution < -0.4 is 16.0 Å². The molecule has 3 unspecified atom stereocenters. The second-order valence-corrected chi connectivity index (χ2v) is 13.4. The van der Waals surface area contributed by atoms with Crippen LogP contribution in [-0.4, -0.2) is 63.8 Å². The lowest BCUT2D eigenvalue weighted by Gasteiger charge is -2.26. The number of unbranched alkanes of at least 4 members (excludes halogenated alkanes) is 2. The molecule has 3 heterocycles. The molecule has 3 aromatic carbocycles. The number of ether oxygens (including phenoxy) is 1. The summed E-state index contributed by atoms with van der Waals surface area (Å²) in [5, 5.41) is 10.8. The maximum atomic E-state index is 14.3. The Morgan fingerprint density at radius 3 is 1.78 bits per heavy atom. The first-order chi connectivity index (χ1) is 24.2. The van der Waals surface area contributed by atoms with Crippen molar-refractivity contribution in [2.24, 2.45) is 0 Å². The third-order valence-electron chi connectivity index (χ3n) is 9.50. The number of Topliss-reactive ketones (excluding diaryl/α,β-unsaturated/α-hetero) is 1. The van der Waals surface area contributed by atoms with Gasteiger partial charge in [-0.05, 0) is 48.6 Å². The molecule has 1 aliphatic heterocycles. The number of rotatable bonds is 17. The van der Waals surface area contributed by atoms with Gasteiger partial charge in [0, 0.05) is 53.5 Å². The quantitative estimate of drug-likeness (QED) is 0.0690. The summed E-state index contributed by atoms with van der Waals surface area (Å²) in [5.74, 6) is -1.42. The molecule has 4 atom stereocenters. The van der Waals surface area contributed by atoms with Crippen LogP contribution in [0.5, 0.6) is 0 Å². The number of hydrogen-bond acceptors (Lipinski definition) is 5. The second kappa shape index (κ2) is 15.6. The molecule has 1 fully saturated rings. The number of aromatic amines is 2. The zero-order chi connectivity index (χ0) is 35.1. The van der Waals surface area contributed by atoms with E-state index in [1.54, 1.807) is 6.92 Å². The largest absolute Gasteiger partial charge is 0.361 e. The van der Waals surface area contributed by atoms with Gasteiger partial charge in [-0.25, -0.2) is 0 Å². The molecule has 6 rings (SSSR count). The Kier molecular flexibility index (Phi) is 10.8. The molecule has 5 N–H and O–H groups in total.